The van der Waals surface area contributed by atoms with Gasteiger partial charge in [0.2, 0.25) is 0 Å². The maximum atomic E-state index is 8.97. The highest BCUT2D eigenvalue weighted by Crippen LogP contribution is 2.33. The standard InChI is InChI=1S/C18H15N.H3NO3S/c1-4-10-16(11-5-1)19(17-12-6-2-7-13-17)18-14-8-3-9-15-18;1-5(2,3)4/h1-15H;(H3,1,2,3,4). The normalized spacial score (nSPS) is 10.4. The van der Waals surface area contributed by atoms with E-state index in [-0.39, 0.29) is 0 Å². The van der Waals surface area contributed by atoms with E-state index in [4.69, 9.17) is 13.0 Å². The molecule has 0 saturated carbocycles. The molecule has 0 bridgehead atoms. The van der Waals surface area contributed by atoms with Crippen molar-refractivity contribution in [1.82, 2.24) is 0 Å². The smallest absolute Gasteiger partial charge is 0.311 e. The molecule has 0 aromatic heterocycles. The molecule has 0 aliphatic heterocycles. The molecule has 0 aliphatic rings. The van der Waals surface area contributed by atoms with Gasteiger partial charge in [-0.25, -0.2) is 5.14 Å². The summed E-state index contributed by atoms with van der Waals surface area (Å²) >= 11 is 0. The van der Waals surface area contributed by atoms with E-state index in [1.165, 1.54) is 17.1 Å². The zero-order chi connectivity index (χ0) is 17.4. The number of anilines is 3. The fourth-order valence-electron chi connectivity index (χ4n) is 2.18. The van der Waals surface area contributed by atoms with Gasteiger partial charge in [-0.2, -0.15) is 8.42 Å². The molecule has 3 rings (SSSR count). The first-order chi connectivity index (χ1) is 11.4. The molecule has 0 unspecified atom stereocenters. The van der Waals surface area contributed by atoms with Gasteiger partial charge in [0.25, 0.3) is 0 Å². The van der Waals surface area contributed by atoms with Gasteiger partial charge in [0.05, 0.1) is 0 Å². The number of hydrogen-bond donors (Lipinski definition) is 2. The molecule has 24 heavy (non-hydrogen) atoms. The van der Waals surface area contributed by atoms with Gasteiger partial charge in [0.1, 0.15) is 0 Å². The minimum Gasteiger partial charge on any atom is -0.311 e. The zero-order valence-electron chi connectivity index (χ0n) is 12.9. The highest BCUT2D eigenvalue weighted by Gasteiger charge is 2.10. The molecule has 3 aromatic rings. The van der Waals surface area contributed by atoms with Crippen molar-refractivity contribution < 1.29 is 13.0 Å². The SMILES string of the molecule is NS(=O)(=O)O.c1ccc(N(c2ccccc2)c2ccccc2)cc1. The maximum Gasteiger partial charge on any atom is 0.330 e. The number of rotatable bonds is 3. The van der Waals surface area contributed by atoms with Crippen molar-refractivity contribution in [3.63, 3.8) is 0 Å². The second-order valence-electron chi connectivity index (χ2n) is 4.86. The van der Waals surface area contributed by atoms with E-state index in [0.29, 0.717) is 0 Å². The van der Waals surface area contributed by atoms with Crippen molar-refractivity contribution in [1.29, 1.82) is 0 Å². The Balaban J connectivity index is 0.000000368. The molecule has 0 amide bonds. The van der Waals surface area contributed by atoms with Crippen LogP contribution >= 0.6 is 0 Å². The van der Waals surface area contributed by atoms with Gasteiger partial charge in [-0.1, -0.05) is 54.6 Å². The number of para-hydroxylation sites is 3. The van der Waals surface area contributed by atoms with Crippen LogP contribution in [0.1, 0.15) is 0 Å². The summed E-state index contributed by atoms with van der Waals surface area (Å²) in [5, 5.41) is 3.88. The molecule has 3 N–H and O–H groups in total. The zero-order valence-corrected chi connectivity index (χ0v) is 13.7. The Morgan fingerprint density at radius 1 is 0.625 bits per heavy atom. The lowest BCUT2D eigenvalue weighted by molar-refractivity contribution is 0.485. The topological polar surface area (TPSA) is 83.6 Å². The molecule has 0 spiro atoms. The van der Waals surface area contributed by atoms with Gasteiger partial charge in [0.15, 0.2) is 0 Å². The van der Waals surface area contributed by atoms with Crippen molar-refractivity contribution >= 4 is 27.4 Å². The van der Waals surface area contributed by atoms with Crippen LogP contribution in [-0.2, 0) is 10.3 Å². The molecule has 6 heteroatoms. The Kier molecular flexibility index (Phi) is 6.08. The molecular weight excluding hydrogens is 324 g/mol. The van der Waals surface area contributed by atoms with Gasteiger partial charge in [-0.15, -0.1) is 0 Å². The minimum atomic E-state index is -4.17. The van der Waals surface area contributed by atoms with Crippen LogP contribution in [0, 0.1) is 0 Å². The Bertz CT molecular complexity index is 737. The van der Waals surface area contributed by atoms with E-state index in [0.717, 1.165) is 0 Å². The van der Waals surface area contributed by atoms with Crippen LogP contribution in [0.5, 0.6) is 0 Å². The summed E-state index contributed by atoms with van der Waals surface area (Å²) in [7, 11) is -4.17. The Hall–Kier alpha value is -2.67. The van der Waals surface area contributed by atoms with E-state index in [9.17, 15) is 0 Å². The summed E-state index contributed by atoms with van der Waals surface area (Å²) in [5.41, 5.74) is 3.50. The van der Waals surface area contributed by atoms with Gasteiger partial charge < -0.3 is 4.90 Å². The van der Waals surface area contributed by atoms with Gasteiger partial charge in [-0.05, 0) is 36.4 Å². The summed E-state index contributed by atoms with van der Waals surface area (Å²) in [6.07, 6.45) is 0. The first-order valence-corrected chi connectivity index (χ1v) is 8.66. The van der Waals surface area contributed by atoms with Crippen molar-refractivity contribution in [3.05, 3.63) is 91.0 Å². The van der Waals surface area contributed by atoms with Gasteiger partial charge in [-0.3, -0.25) is 4.55 Å². The van der Waals surface area contributed by atoms with E-state index in [1.807, 2.05) is 18.2 Å². The lowest BCUT2D eigenvalue weighted by Crippen LogP contribution is -2.09. The molecule has 0 atom stereocenters. The summed E-state index contributed by atoms with van der Waals surface area (Å²) in [5.74, 6) is 0. The quantitative estimate of drug-likeness (QED) is 0.707. The van der Waals surface area contributed by atoms with Crippen molar-refractivity contribution in [3.8, 4) is 0 Å². The third-order valence-electron chi connectivity index (χ3n) is 3.04. The summed E-state index contributed by atoms with van der Waals surface area (Å²) in [4.78, 5) is 2.25. The number of hydrogen-bond acceptors (Lipinski definition) is 3. The number of nitrogens with two attached hydrogens (primary N) is 1. The Morgan fingerprint density at radius 2 is 0.833 bits per heavy atom. The lowest BCUT2D eigenvalue weighted by atomic mass is 10.2. The average Bonchev–Trinajstić information content (AvgIpc) is 2.57. The van der Waals surface area contributed by atoms with E-state index >= 15 is 0 Å². The lowest BCUT2D eigenvalue weighted by Gasteiger charge is -2.25. The first kappa shape index (κ1) is 17.7. The second kappa shape index (κ2) is 8.26. The first-order valence-electron chi connectivity index (χ1n) is 7.15. The summed E-state index contributed by atoms with van der Waals surface area (Å²) in [6, 6.07) is 31.3. The third kappa shape index (κ3) is 5.85. The molecule has 0 fully saturated rings. The van der Waals surface area contributed by atoms with Gasteiger partial charge in [0, 0.05) is 17.1 Å². The van der Waals surface area contributed by atoms with Crippen LogP contribution in [-0.4, -0.2) is 13.0 Å². The summed E-state index contributed by atoms with van der Waals surface area (Å²) < 4.78 is 25.2. The molecule has 0 saturated heterocycles. The van der Waals surface area contributed by atoms with Crippen LogP contribution in [0.15, 0.2) is 91.0 Å². The average molecular weight is 342 g/mol. The third-order valence-corrected chi connectivity index (χ3v) is 3.04. The molecular formula is C18H18N2O3S. The fourth-order valence-corrected chi connectivity index (χ4v) is 2.18. The van der Waals surface area contributed by atoms with Crippen LogP contribution in [0.2, 0.25) is 0 Å². The Labute approximate surface area is 141 Å². The van der Waals surface area contributed by atoms with Crippen LogP contribution in [0.4, 0.5) is 17.1 Å². The van der Waals surface area contributed by atoms with Gasteiger partial charge >= 0.3 is 10.3 Å². The number of nitrogens with zero attached hydrogens (tertiary/aromatic N) is 1. The molecule has 5 nitrogen and oxygen atoms in total. The fraction of sp³-hybridized carbons (Fsp3) is 0. The highest BCUT2D eigenvalue weighted by molar-refractivity contribution is 7.83. The van der Waals surface area contributed by atoms with Crippen molar-refractivity contribution in [2.75, 3.05) is 4.90 Å². The van der Waals surface area contributed by atoms with Crippen LogP contribution < -0.4 is 10.0 Å². The molecule has 3 aromatic carbocycles. The van der Waals surface area contributed by atoms with E-state index < -0.39 is 10.3 Å². The van der Waals surface area contributed by atoms with Crippen molar-refractivity contribution in [2.45, 2.75) is 0 Å². The van der Waals surface area contributed by atoms with Crippen LogP contribution in [0.3, 0.4) is 0 Å². The largest absolute Gasteiger partial charge is 0.330 e. The molecule has 124 valence electrons. The second-order valence-corrected chi connectivity index (χ2v) is 5.89. The van der Waals surface area contributed by atoms with Crippen LogP contribution in [0.25, 0.3) is 0 Å². The predicted molar refractivity (Wildman–Crippen MR) is 96.9 cm³/mol. The predicted octanol–water partition coefficient (Wildman–Crippen LogP) is 3.90. The molecule has 0 heterocycles. The van der Waals surface area contributed by atoms with E-state index in [2.05, 4.69) is 82.8 Å². The maximum absolute atomic E-state index is 8.97. The Morgan fingerprint density at radius 3 is 1.04 bits per heavy atom. The summed E-state index contributed by atoms with van der Waals surface area (Å²) in [6.45, 7) is 0. The monoisotopic (exact) mass is 342 g/mol. The minimum absolute atomic E-state index is 1.17. The van der Waals surface area contributed by atoms with Crippen molar-refractivity contribution in [2.24, 2.45) is 5.14 Å². The molecule has 0 radical (unpaired) electrons. The number of benzene rings is 3. The van der Waals surface area contributed by atoms with E-state index in [1.54, 1.807) is 0 Å². The molecule has 0 aliphatic carbocycles. The highest BCUT2D eigenvalue weighted by atomic mass is 32.2.